The molecule has 7 nitrogen and oxygen atoms in total. The molecule has 0 radical (unpaired) electrons. The molecule has 0 saturated carbocycles. The van der Waals surface area contributed by atoms with E-state index in [1.807, 2.05) is 21.9 Å². The summed E-state index contributed by atoms with van der Waals surface area (Å²) in [6.45, 7) is 3.32. The van der Waals surface area contributed by atoms with Crippen molar-refractivity contribution in [3.63, 3.8) is 0 Å². The minimum Gasteiger partial charge on any atom is -0.376 e. The van der Waals surface area contributed by atoms with Crippen molar-refractivity contribution in [1.29, 1.82) is 0 Å². The highest BCUT2D eigenvalue weighted by atomic mass is 16.2. The van der Waals surface area contributed by atoms with Crippen LogP contribution in [0.15, 0.2) is 48.5 Å². The van der Waals surface area contributed by atoms with Gasteiger partial charge in [0.05, 0.1) is 6.54 Å². The number of hydrogen-bond donors (Lipinski definition) is 2. The zero-order valence-electron chi connectivity index (χ0n) is 18.3. The summed E-state index contributed by atoms with van der Waals surface area (Å²) in [7, 11) is 0. The maximum absolute atomic E-state index is 12.6. The molecule has 2 aromatic rings. The SMILES string of the molecule is O=C(CNc1ccc(C(=O)N2CCCCC2)cc1)Nc1cccc(C(=O)N2CCCC2)c1. The predicted octanol–water partition coefficient (Wildman–Crippen LogP) is 3.60. The van der Waals surface area contributed by atoms with E-state index in [4.69, 9.17) is 0 Å². The van der Waals surface area contributed by atoms with Gasteiger partial charge in [0.15, 0.2) is 0 Å². The van der Waals surface area contributed by atoms with E-state index in [2.05, 4.69) is 10.6 Å². The van der Waals surface area contributed by atoms with Crippen molar-refractivity contribution in [3.8, 4) is 0 Å². The maximum atomic E-state index is 12.6. The number of hydrogen-bond acceptors (Lipinski definition) is 4. The van der Waals surface area contributed by atoms with Crippen LogP contribution in [0.1, 0.15) is 52.8 Å². The van der Waals surface area contributed by atoms with Gasteiger partial charge in [0.25, 0.3) is 11.8 Å². The van der Waals surface area contributed by atoms with Crippen molar-refractivity contribution in [3.05, 3.63) is 59.7 Å². The Bertz CT molecular complexity index is 961. The fourth-order valence-electron chi connectivity index (χ4n) is 4.23. The van der Waals surface area contributed by atoms with Crippen LogP contribution in [-0.2, 0) is 4.79 Å². The van der Waals surface area contributed by atoms with Crippen LogP contribution < -0.4 is 10.6 Å². The monoisotopic (exact) mass is 434 g/mol. The van der Waals surface area contributed by atoms with Gasteiger partial charge in [-0.2, -0.15) is 0 Å². The number of nitrogens with one attached hydrogen (secondary N) is 2. The summed E-state index contributed by atoms with van der Waals surface area (Å²) in [4.78, 5) is 41.2. The van der Waals surface area contributed by atoms with Gasteiger partial charge in [0.2, 0.25) is 5.91 Å². The molecule has 0 atom stereocenters. The fraction of sp³-hybridized carbons (Fsp3) is 0.400. The van der Waals surface area contributed by atoms with E-state index >= 15 is 0 Å². The Morgan fingerprint density at radius 3 is 1.94 bits per heavy atom. The molecule has 2 aliphatic heterocycles. The van der Waals surface area contributed by atoms with E-state index < -0.39 is 0 Å². The second kappa shape index (κ2) is 10.3. The minimum absolute atomic E-state index is 0.0101. The molecule has 0 aromatic heterocycles. The molecule has 0 aliphatic carbocycles. The number of amides is 3. The Morgan fingerprint density at radius 1 is 0.688 bits per heavy atom. The number of benzene rings is 2. The number of nitrogens with zero attached hydrogens (tertiary/aromatic N) is 2. The molecule has 2 fully saturated rings. The minimum atomic E-state index is -0.204. The highest BCUT2D eigenvalue weighted by Crippen LogP contribution is 2.17. The Labute approximate surface area is 188 Å². The lowest BCUT2D eigenvalue weighted by Gasteiger charge is -2.26. The van der Waals surface area contributed by atoms with Gasteiger partial charge < -0.3 is 20.4 Å². The van der Waals surface area contributed by atoms with E-state index in [0.717, 1.165) is 57.5 Å². The van der Waals surface area contributed by atoms with Crippen molar-refractivity contribution < 1.29 is 14.4 Å². The standard InChI is InChI=1S/C25H30N4O3/c30-23(27-22-8-6-7-20(17-22)25(32)29-15-4-5-16-29)18-26-21-11-9-19(10-12-21)24(31)28-13-2-1-3-14-28/h6-12,17,26H,1-5,13-16,18H2,(H,27,30). The predicted molar refractivity (Wildman–Crippen MR) is 125 cm³/mol. The van der Waals surface area contributed by atoms with Gasteiger partial charge in [0, 0.05) is 48.7 Å². The van der Waals surface area contributed by atoms with E-state index in [9.17, 15) is 14.4 Å². The number of carbonyl (C=O) groups is 3. The van der Waals surface area contributed by atoms with E-state index in [1.54, 1.807) is 36.4 Å². The van der Waals surface area contributed by atoms with E-state index in [-0.39, 0.29) is 24.3 Å². The molecule has 0 spiro atoms. The van der Waals surface area contributed by atoms with E-state index in [1.165, 1.54) is 6.42 Å². The molecule has 0 bridgehead atoms. The highest BCUT2D eigenvalue weighted by molar-refractivity contribution is 5.98. The second-order valence-corrected chi connectivity index (χ2v) is 8.41. The number of carbonyl (C=O) groups excluding carboxylic acids is 3. The summed E-state index contributed by atoms with van der Waals surface area (Å²) in [6, 6.07) is 14.3. The Morgan fingerprint density at radius 2 is 1.28 bits per heavy atom. The second-order valence-electron chi connectivity index (χ2n) is 8.41. The van der Waals surface area contributed by atoms with Gasteiger partial charge in [-0.25, -0.2) is 0 Å². The van der Waals surface area contributed by atoms with Crippen molar-refractivity contribution in [1.82, 2.24) is 9.80 Å². The van der Waals surface area contributed by atoms with Gasteiger partial charge in [0.1, 0.15) is 0 Å². The summed E-state index contributed by atoms with van der Waals surface area (Å²) in [5.41, 5.74) is 2.63. The fourth-order valence-corrected chi connectivity index (χ4v) is 4.23. The van der Waals surface area contributed by atoms with Gasteiger partial charge >= 0.3 is 0 Å². The smallest absolute Gasteiger partial charge is 0.253 e. The molecule has 2 aliphatic rings. The third-order valence-electron chi connectivity index (χ3n) is 6.01. The first-order valence-corrected chi connectivity index (χ1v) is 11.4. The van der Waals surface area contributed by atoms with Gasteiger partial charge in [-0.1, -0.05) is 6.07 Å². The van der Waals surface area contributed by atoms with Crippen LogP contribution in [0, 0.1) is 0 Å². The first kappa shape index (κ1) is 21.9. The third-order valence-corrected chi connectivity index (χ3v) is 6.01. The van der Waals surface area contributed by atoms with Crippen LogP contribution in [0.5, 0.6) is 0 Å². The molecule has 2 saturated heterocycles. The van der Waals surface area contributed by atoms with Gasteiger partial charge in [-0.15, -0.1) is 0 Å². The van der Waals surface area contributed by atoms with Crippen molar-refractivity contribution in [2.45, 2.75) is 32.1 Å². The number of piperidine rings is 1. The van der Waals surface area contributed by atoms with Crippen LogP contribution in [0.25, 0.3) is 0 Å². The molecule has 168 valence electrons. The molecule has 0 unspecified atom stereocenters. The number of rotatable bonds is 6. The Hall–Kier alpha value is -3.35. The lowest BCUT2D eigenvalue weighted by atomic mass is 10.1. The molecule has 7 heteroatoms. The van der Waals surface area contributed by atoms with Crippen LogP contribution in [0.3, 0.4) is 0 Å². The molecular weight excluding hydrogens is 404 g/mol. The molecule has 3 amide bonds. The third kappa shape index (κ3) is 5.46. The summed E-state index contributed by atoms with van der Waals surface area (Å²) >= 11 is 0. The lowest BCUT2D eigenvalue weighted by Crippen LogP contribution is -2.35. The summed E-state index contributed by atoms with van der Waals surface area (Å²) in [6.07, 6.45) is 5.40. The van der Waals surface area contributed by atoms with Crippen molar-refractivity contribution in [2.75, 3.05) is 43.4 Å². The average Bonchev–Trinajstić information content (AvgIpc) is 3.38. The van der Waals surface area contributed by atoms with Gasteiger partial charge in [-0.3, -0.25) is 14.4 Å². The normalized spacial score (nSPS) is 16.0. The van der Waals surface area contributed by atoms with Crippen molar-refractivity contribution >= 4 is 29.1 Å². The molecule has 2 N–H and O–H groups in total. The average molecular weight is 435 g/mol. The number of likely N-dealkylation sites (tertiary alicyclic amines) is 2. The maximum Gasteiger partial charge on any atom is 0.253 e. The zero-order valence-corrected chi connectivity index (χ0v) is 18.3. The van der Waals surface area contributed by atoms with Gasteiger partial charge in [-0.05, 0) is 74.6 Å². The number of anilines is 2. The molecule has 2 heterocycles. The summed E-state index contributed by atoms with van der Waals surface area (Å²) in [5.74, 6) is -0.127. The molecule has 2 aromatic carbocycles. The van der Waals surface area contributed by atoms with Crippen LogP contribution >= 0.6 is 0 Å². The summed E-state index contributed by atoms with van der Waals surface area (Å²) in [5, 5.41) is 5.92. The van der Waals surface area contributed by atoms with Crippen LogP contribution in [0.2, 0.25) is 0 Å². The molecular formula is C25H30N4O3. The lowest BCUT2D eigenvalue weighted by molar-refractivity contribution is -0.114. The first-order chi connectivity index (χ1) is 15.6. The Kier molecular flexibility index (Phi) is 7.04. The first-order valence-electron chi connectivity index (χ1n) is 11.4. The van der Waals surface area contributed by atoms with E-state index in [0.29, 0.717) is 16.8 Å². The zero-order chi connectivity index (χ0) is 22.3. The molecule has 32 heavy (non-hydrogen) atoms. The quantitative estimate of drug-likeness (QED) is 0.728. The topological polar surface area (TPSA) is 81.8 Å². The van der Waals surface area contributed by atoms with Crippen LogP contribution in [-0.4, -0.2) is 60.2 Å². The van der Waals surface area contributed by atoms with Crippen molar-refractivity contribution in [2.24, 2.45) is 0 Å². The highest BCUT2D eigenvalue weighted by Gasteiger charge is 2.20. The molecule has 4 rings (SSSR count). The summed E-state index contributed by atoms with van der Waals surface area (Å²) < 4.78 is 0. The van der Waals surface area contributed by atoms with Crippen LogP contribution in [0.4, 0.5) is 11.4 Å². The largest absolute Gasteiger partial charge is 0.376 e. The Balaban J connectivity index is 1.28.